The molecule has 0 aliphatic heterocycles. The van der Waals surface area contributed by atoms with Crippen molar-refractivity contribution in [3.05, 3.63) is 59.0 Å². The highest BCUT2D eigenvalue weighted by molar-refractivity contribution is 6.28. The van der Waals surface area contributed by atoms with E-state index in [2.05, 4.69) is 12.1 Å². The molecule has 1 heterocycles. The van der Waals surface area contributed by atoms with Gasteiger partial charge in [0.25, 0.3) is 0 Å². The topological polar surface area (TPSA) is 39.2 Å². The molecule has 84 valence electrons. The summed E-state index contributed by atoms with van der Waals surface area (Å²) in [6.45, 7) is 0. The highest BCUT2D eigenvalue weighted by Crippen LogP contribution is 2.15. The van der Waals surface area contributed by atoms with Crippen LogP contribution in [-0.2, 0) is 12.8 Å². The molecule has 0 saturated carbocycles. The molecule has 1 aromatic heterocycles. The summed E-state index contributed by atoms with van der Waals surface area (Å²) in [5.74, 6) is 0.841. The van der Waals surface area contributed by atoms with Gasteiger partial charge in [-0.1, -0.05) is 30.3 Å². The van der Waals surface area contributed by atoms with Crippen molar-refractivity contribution in [2.75, 3.05) is 0 Å². The summed E-state index contributed by atoms with van der Waals surface area (Å²) in [4.78, 5) is 0. The maximum atomic E-state index is 6.04. The Hall–Kier alpha value is -1.25. The zero-order chi connectivity index (χ0) is 11.4. The Kier molecular flexibility index (Phi) is 3.65. The van der Waals surface area contributed by atoms with Crippen molar-refractivity contribution in [1.29, 1.82) is 0 Å². The lowest BCUT2D eigenvalue weighted by Crippen LogP contribution is -2.25. The highest BCUT2D eigenvalue weighted by atomic mass is 35.5. The smallest absolute Gasteiger partial charge is 0.193 e. The van der Waals surface area contributed by atoms with Crippen LogP contribution < -0.4 is 5.73 Å². The van der Waals surface area contributed by atoms with E-state index >= 15 is 0 Å². The lowest BCUT2D eigenvalue weighted by molar-refractivity contribution is 0.484. The van der Waals surface area contributed by atoms with E-state index in [1.54, 1.807) is 6.07 Å². The first-order valence-corrected chi connectivity index (χ1v) is 5.65. The van der Waals surface area contributed by atoms with Crippen molar-refractivity contribution in [3.63, 3.8) is 0 Å². The minimum atomic E-state index is 0.0598. The third-order valence-electron chi connectivity index (χ3n) is 2.43. The second-order valence-electron chi connectivity index (χ2n) is 3.86. The fourth-order valence-electron chi connectivity index (χ4n) is 1.71. The molecule has 0 amide bonds. The normalized spacial score (nSPS) is 12.6. The number of halogens is 1. The number of hydrogen-bond acceptors (Lipinski definition) is 2. The number of rotatable bonds is 4. The molecule has 0 fully saturated rings. The van der Waals surface area contributed by atoms with Gasteiger partial charge in [0, 0.05) is 12.5 Å². The quantitative estimate of drug-likeness (QED) is 0.885. The van der Waals surface area contributed by atoms with Crippen LogP contribution >= 0.6 is 11.6 Å². The van der Waals surface area contributed by atoms with Crippen molar-refractivity contribution < 1.29 is 4.42 Å². The van der Waals surface area contributed by atoms with Gasteiger partial charge < -0.3 is 10.2 Å². The molecule has 1 atom stereocenters. The Bertz CT molecular complexity index is 438. The Balaban J connectivity index is 1.92. The van der Waals surface area contributed by atoms with Crippen LogP contribution in [0.5, 0.6) is 0 Å². The molecule has 2 nitrogen and oxygen atoms in total. The van der Waals surface area contributed by atoms with Crippen molar-refractivity contribution in [2.45, 2.75) is 18.9 Å². The number of benzene rings is 1. The van der Waals surface area contributed by atoms with Gasteiger partial charge in [-0.15, -0.1) is 0 Å². The summed E-state index contributed by atoms with van der Waals surface area (Å²) in [5.41, 5.74) is 7.29. The fourth-order valence-corrected chi connectivity index (χ4v) is 1.87. The molecular formula is C13H14ClNO. The lowest BCUT2D eigenvalue weighted by Gasteiger charge is -2.09. The largest absolute Gasteiger partial charge is 0.450 e. The van der Waals surface area contributed by atoms with E-state index in [1.165, 1.54) is 5.56 Å². The molecule has 2 rings (SSSR count). The molecule has 3 heteroatoms. The molecule has 0 radical (unpaired) electrons. The molecule has 0 aliphatic rings. The third-order valence-corrected chi connectivity index (χ3v) is 2.64. The third kappa shape index (κ3) is 3.12. The van der Waals surface area contributed by atoms with Gasteiger partial charge >= 0.3 is 0 Å². The van der Waals surface area contributed by atoms with Crippen molar-refractivity contribution in [2.24, 2.45) is 5.73 Å². The van der Waals surface area contributed by atoms with Gasteiger partial charge in [-0.25, -0.2) is 0 Å². The monoisotopic (exact) mass is 235 g/mol. The van der Waals surface area contributed by atoms with Crippen LogP contribution in [0.4, 0.5) is 0 Å². The molecule has 0 aliphatic carbocycles. The van der Waals surface area contributed by atoms with Gasteiger partial charge in [-0.05, 0) is 35.7 Å². The van der Waals surface area contributed by atoms with E-state index in [0.29, 0.717) is 11.6 Å². The first-order chi connectivity index (χ1) is 7.74. The van der Waals surface area contributed by atoms with Crippen LogP contribution in [0.3, 0.4) is 0 Å². The zero-order valence-electron chi connectivity index (χ0n) is 8.90. The molecule has 1 unspecified atom stereocenters. The molecule has 1 aromatic carbocycles. The fraction of sp³-hybridized carbons (Fsp3) is 0.231. The summed E-state index contributed by atoms with van der Waals surface area (Å²) in [6, 6.07) is 13.9. The Labute approximate surface area is 100 Å². The van der Waals surface area contributed by atoms with E-state index in [4.69, 9.17) is 21.8 Å². The summed E-state index contributed by atoms with van der Waals surface area (Å²) < 4.78 is 5.28. The molecule has 16 heavy (non-hydrogen) atoms. The number of hydrogen-bond donors (Lipinski definition) is 1. The van der Waals surface area contributed by atoms with Gasteiger partial charge in [-0.2, -0.15) is 0 Å². The predicted octanol–water partition coefficient (Wildman–Crippen LogP) is 3.05. The second kappa shape index (κ2) is 5.19. The first kappa shape index (κ1) is 11.2. The van der Waals surface area contributed by atoms with Gasteiger partial charge in [-0.3, -0.25) is 0 Å². The van der Waals surface area contributed by atoms with E-state index in [9.17, 15) is 0 Å². The minimum absolute atomic E-state index is 0.0598. The van der Waals surface area contributed by atoms with Crippen LogP contribution in [0, 0.1) is 0 Å². The Morgan fingerprint density at radius 2 is 1.81 bits per heavy atom. The van der Waals surface area contributed by atoms with Gasteiger partial charge in [0.2, 0.25) is 0 Å². The van der Waals surface area contributed by atoms with Gasteiger partial charge in [0.15, 0.2) is 5.22 Å². The van der Waals surface area contributed by atoms with Gasteiger partial charge in [0.1, 0.15) is 5.76 Å². The first-order valence-electron chi connectivity index (χ1n) is 5.28. The zero-order valence-corrected chi connectivity index (χ0v) is 9.65. The van der Waals surface area contributed by atoms with E-state index < -0.39 is 0 Å². The molecule has 2 aromatic rings. The summed E-state index contributed by atoms with van der Waals surface area (Å²) in [7, 11) is 0. The maximum absolute atomic E-state index is 6.04. The summed E-state index contributed by atoms with van der Waals surface area (Å²) in [6.07, 6.45) is 1.56. The molecule has 0 bridgehead atoms. The van der Waals surface area contributed by atoms with Crippen LogP contribution in [0.1, 0.15) is 11.3 Å². The molecule has 0 saturated heterocycles. The minimum Gasteiger partial charge on any atom is -0.450 e. The highest BCUT2D eigenvalue weighted by Gasteiger charge is 2.08. The maximum Gasteiger partial charge on any atom is 0.193 e. The average molecular weight is 236 g/mol. The van der Waals surface area contributed by atoms with E-state index in [-0.39, 0.29) is 6.04 Å². The SMILES string of the molecule is NC(Cc1ccccc1)Cc1ccc(Cl)o1. The predicted molar refractivity (Wildman–Crippen MR) is 65.5 cm³/mol. The second-order valence-corrected chi connectivity index (χ2v) is 4.23. The van der Waals surface area contributed by atoms with Crippen LogP contribution in [-0.4, -0.2) is 6.04 Å². The van der Waals surface area contributed by atoms with Crippen molar-refractivity contribution >= 4 is 11.6 Å². The Morgan fingerprint density at radius 1 is 1.06 bits per heavy atom. The van der Waals surface area contributed by atoms with Crippen LogP contribution in [0.15, 0.2) is 46.9 Å². The van der Waals surface area contributed by atoms with Crippen LogP contribution in [0.25, 0.3) is 0 Å². The lowest BCUT2D eigenvalue weighted by atomic mass is 10.0. The molecule has 2 N–H and O–H groups in total. The van der Waals surface area contributed by atoms with Gasteiger partial charge in [0.05, 0.1) is 0 Å². The Morgan fingerprint density at radius 3 is 2.44 bits per heavy atom. The van der Waals surface area contributed by atoms with E-state index in [0.717, 1.165) is 12.2 Å². The average Bonchev–Trinajstić information content (AvgIpc) is 2.65. The van der Waals surface area contributed by atoms with E-state index in [1.807, 2.05) is 24.3 Å². The number of nitrogens with two attached hydrogens (primary N) is 1. The number of furan rings is 1. The standard InChI is InChI=1S/C13H14ClNO/c14-13-7-6-12(16-13)9-11(15)8-10-4-2-1-3-5-10/h1-7,11H,8-9,15H2. The van der Waals surface area contributed by atoms with Crippen LogP contribution in [0.2, 0.25) is 5.22 Å². The molecule has 0 spiro atoms. The molecular weight excluding hydrogens is 222 g/mol. The van der Waals surface area contributed by atoms with Crippen molar-refractivity contribution in [1.82, 2.24) is 0 Å². The summed E-state index contributed by atoms with van der Waals surface area (Å²) in [5, 5.41) is 0.418. The summed E-state index contributed by atoms with van der Waals surface area (Å²) >= 11 is 5.70. The van der Waals surface area contributed by atoms with Crippen molar-refractivity contribution in [3.8, 4) is 0 Å².